The van der Waals surface area contributed by atoms with E-state index in [-0.39, 0.29) is 0 Å². The zero-order valence-corrected chi connectivity index (χ0v) is 13.0. The molecule has 0 bridgehead atoms. The first-order valence-electron chi connectivity index (χ1n) is 7.24. The molecule has 3 heteroatoms. The van der Waals surface area contributed by atoms with Crippen LogP contribution in [0.2, 0.25) is 5.02 Å². The summed E-state index contributed by atoms with van der Waals surface area (Å²) in [6.07, 6.45) is 3.68. The Kier molecular flexibility index (Phi) is 8.11. The summed E-state index contributed by atoms with van der Waals surface area (Å²) in [5.74, 6) is 0. The van der Waals surface area contributed by atoms with Crippen molar-refractivity contribution in [3.05, 3.63) is 34.9 Å². The fraction of sp³-hybridized carbons (Fsp3) is 0.625. The Labute approximate surface area is 122 Å². The van der Waals surface area contributed by atoms with Gasteiger partial charge in [0.1, 0.15) is 0 Å². The molecule has 1 aromatic carbocycles. The van der Waals surface area contributed by atoms with Gasteiger partial charge >= 0.3 is 0 Å². The molecule has 0 aliphatic rings. The van der Waals surface area contributed by atoms with E-state index < -0.39 is 0 Å². The fourth-order valence-corrected chi connectivity index (χ4v) is 2.16. The number of ether oxygens (including phenoxy) is 1. The van der Waals surface area contributed by atoms with Crippen LogP contribution in [0.3, 0.4) is 0 Å². The minimum Gasteiger partial charge on any atom is -0.379 e. The number of nitrogens with one attached hydrogen (secondary N) is 1. The van der Waals surface area contributed by atoms with Gasteiger partial charge in [-0.25, -0.2) is 0 Å². The third-order valence-electron chi connectivity index (χ3n) is 3.01. The van der Waals surface area contributed by atoms with Crippen LogP contribution < -0.4 is 5.32 Å². The van der Waals surface area contributed by atoms with Crippen molar-refractivity contribution < 1.29 is 4.74 Å². The van der Waals surface area contributed by atoms with Gasteiger partial charge in [-0.2, -0.15) is 0 Å². The van der Waals surface area contributed by atoms with E-state index in [9.17, 15) is 0 Å². The lowest BCUT2D eigenvalue weighted by Gasteiger charge is -2.19. The molecule has 0 fully saturated rings. The molecular formula is C16H26ClNO. The topological polar surface area (TPSA) is 21.3 Å². The predicted octanol–water partition coefficient (Wildman–Crippen LogP) is 4.59. The van der Waals surface area contributed by atoms with Crippen molar-refractivity contribution in [2.75, 3.05) is 13.2 Å². The number of hydrogen-bond acceptors (Lipinski definition) is 2. The Bertz CT molecular complexity index is 337. The van der Waals surface area contributed by atoms with Gasteiger partial charge in [-0.05, 0) is 50.9 Å². The van der Waals surface area contributed by atoms with Crippen molar-refractivity contribution >= 4 is 11.6 Å². The minimum atomic E-state index is 0.322. The van der Waals surface area contributed by atoms with Crippen LogP contribution in [0.15, 0.2) is 24.3 Å². The smallest absolute Gasteiger partial charge is 0.0518 e. The molecule has 0 aromatic heterocycles. The summed E-state index contributed by atoms with van der Waals surface area (Å²) in [5.41, 5.74) is 1.32. The van der Waals surface area contributed by atoms with Gasteiger partial charge < -0.3 is 10.1 Å². The predicted molar refractivity (Wildman–Crippen MR) is 82.8 cm³/mol. The van der Waals surface area contributed by atoms with Crippen molar-refractivity contribution in [3.63, 3.8) is 0 Å². The van der Waals surface area contributed by atoms with Gasteiger partial charge in [-0.1, -0.05) is 37.1 Å². The van der Waals surface area contributed by atoms with Crippen LogP contribution in [0.1, 0.15) is 51.6 Å². The van der Waals surface area contributed by atoms with Crippen LogP contribution in [-0.4, -0.2) is 19.3 Å². The van der Waals surface area contributed by atoms with Crippen molar-refractivity contribution in [1.82, 2.24) is 5.32 Å². The van der Waals surface area contributed by atoms with Gasteiger partial charge in [0.2, 0.25) is 0 Å². The molecule has 0 saturated heterocycles. The lowest BCUT2D eigenvalue weighted by atomic mass is 10.0. The minimum absolute atomic E-state index is 0.322. The van der Waals surface area contributed by atoms with E-state index in [1.807, 2.05) is 12.1 Å². The van der Waals surface area contributed by atoms with Gasteiger partial charge in [0.15, 0.2) is 0 Å². The van der Waals surface area contributed by atoms with Gasteiger partial charge in [-0.3, -0.25) is 0 Å². The van der Waals surface area contributed by atoms with Gasteiger partial charge in [-0.15, -0.1) is 0 Å². The van der Waals surface area contributed by atoms with Crippen LogP contribution >= 0.6 is 11.6 Å². The molecule has 0 saturated carbocycles. The Balaban J connectivity index is 2.38. The van der Waals surface area contributed by atoms with E-state index in [1.165, 1.54) is 12.0 Å². The summed E-state index contributed by atoms with van der Waals surface area (Å²) in [6.45, 7) is 8.17. The third kappa shape index (κ3) is 6.95. The second kappa shape index (κ2) is 9.35. The molecule has 1 atom stereocenters. The Morgan fingerprint density at radius 2 is 1.89 bits per heavy atom. The second-order valence-corrected chi connectivity index (χ2v) is 5.56. The average Bonchev–Trinajstić information content (AvgIpc) is 2.38. The number of halogens is 1. The van der Waals surface area contributed by atoms with Crippen molar-refractivity contribution in [2.24, 2.45) is 0 Å². The summed E-state index contributed by atoms with van der Waals surface area (Å²) in [4.78, 5) is 0. The number of hydrogen-bond donors (Lipinski definition) is 1. The van der Waals surface area contributed by atoms with E-state index in [4.69, 9.17) is 16.3 Å². The van der Waals surface area contributed by atoms with Gasteiger partial charge in [0.25, 0.3) is 0 Å². The highest BCUT2D eigenvalue weighted by Gasteiger charge is 2.09. The standard InChI is InChI=1S/C16H26ClNO/c1-4-6-16(14-7-9-15(17)10-8-14)18-11-5-12-19-13(2)3/h7-10,13,16,18H,4-6,11-12H2,1-3H3. The van der Waals surface area contributed by atoms with E-state index in [0.717, 1.165) is 31.0 Å². The zero-order chi connectivity index (χ0) is 14.1. The van der Waals surface area contributed by atoms with Gasteiger partial charge in [0.05, 0.1) is 6.10 Å². The molecule has 0 heterocycles. The SMILES string of the molecule is CCCC(NCCCOC(C)C)c1ccc(Cl)cc1. The Hall–Kier alpha value is -0.570. The maximum atomic E-state index is 5.93. The highest BCUT2D eigenvalue weighted by Crippen LogP contribution is 2.20. The van der Waals surface area contributed by atoms with Crippen molar-refractivity contribution in [1.29, 1.82) is 0 Å². The molecule has 19 heavy (non-hydrogen) atoms. The molecule has 1 rings (SSSR count). The number of benzene rings is 1. The fourth-order valence-electron chi connectivity index (χ4n) is 2.04. The molecule has 0 spiro atoms. The molecule has 2 nitrogen and oxygen atoms in total. The van der Waals surface area contributed by atoms with E-state index in [1.54, 1.807) is 0 Å². The maximum Gasteiger partial charge on any atom is 0.0518 e. The molecule has 1 N–H and O–H groups in total. The zero-order valence-electron chi connectivity index (χ0n) is 12.3. The largest absolute Gasteiger partial charge is 0.379 e. The summed E-state index contributed by atoms with van der Waals surface area (Å²) < 4.78 is 5.55. The normalized spacial score (nSPS) is 12.9. The number of rotatable bonds is 9. The molecule has 0 aliphatic carbocycles. The van der Waals surface area contributed by atoms with Crippen molar-refractivity contribution in [2.45, 2.75) is 52.2 Å². The second-order valence-electron chi connectivity index (χ2n) is 5.12. The molecule has 0 aliphatic heterocycles. The molecular weight excluding hydrogens is 258 g/mol. The Morgan fingerprint density at radius 3 is 2.47 bits per heavy atom. The summed E-state index contributed by atoms with van der Waals surface area (Å²) in [7, 11) is 0. The van der Waals surface area contributed by atoms with Crippen LogP contribution in [0.5, 0.6) is 0 Å². The first kappa shape index (κ1) is 16.5. The van der Waals surface area contributed by atoms with Crippen LogP contribution in [0.25, 0.3) is 0 Å². The first-order valence-corrected chi connectivity index (χ1v) is 7.61. The van der Waals surface area contributed by atoms with E-state index in [2.05, 4.69) is 38.2 Å². The van der Waals surface area contributed by atoms with Gasteiger partial charge in [0, 0.05) is 17.7 Å². The van der Waals surface area contributed by atoms with E-state index in [0.29, 0.717) is 12.1 Å². The van der Waals surface area contributed by atoms with Crippen LogP contribution in [-0.2, 0) is 4.74 Å². The summed E-state index contributed by atoms with van der Waals surface area (Å²) in [6, 6.07) is 8.56. The first-order chi connectivity index (χ1) is 9.13. The Morgan fingerprint density at radius 1 is 1.21 bits per heavy atom. The van der Waals surface area contributed by atoms with E-state index >= 15 is 0 Å². The molecule has 0 radical (unpaired) electrons. The van der Waals surface area contributed by atoms with Crippen molar-refractivity contribution in [3.8, 4) is 0 Å². The highest BCUT2D eigenvalue weighted by molar-refractivity contribution is 6.30. The molecule has 108 valence electrons. The summed E-state index contributed by atoms with van der Waals surface area (Å²) >= 11 is 5.93. The van der Waals surface area contributed by atoms with Crippen LogP contribution in [0.4, 0.5) is 0 Å². The third-order valence-corrected chi connectivity index (χ3v) is 3.26. The highest BCUT2D eigenvalue weighted by atomic mass is 35.5. The lowest BCUT2D eigenvalue weighted by Crippen LogP contribution is -2.23. The monoisotopic (exact) mass is 283 g/mol. The molecule has 1 unspecified atom stereocenters. The summed E-state index contributed by atoms with van der Waals surface area (Å²) in [5, 5.41) is 4.40. The lowest BCUT2D eigenvalue weighted by molar-refractivity contribution is 0.0766. The maximum absolute atomic E-state index is 5.93. The quantitative estimate of drug-likeness (QED) is 0.670. The molecule has 0 amide bonds. The average molecular weight is 284 g/mol. The molecule has 1 aromatic rings. The van der Waals surface area contributed by atoms with Crippen LogP contribution in [0, 0.1) is 0 Å².